The molecule has 1 saturated heterocycles. The summed E-state index contributed by atoms with van der Waals surface area (Å²) >= 11 is 1.91. The highest BCUT2D eigenvalue weighted by molar-refractivity contribution is 7.99. The Morgan fingerprint density at radius 3 is 3.05 bits per heavy atom. The molecule has 0 aliphatic carbocycles. The van der Waals surface area contributed by atoms with E-state index >= 15 is 0 Å². The summed E-state index contributed by atoms with van der Waals surface area (Å²) in [7, 11) is 0. The van der Waals surface area contributed by atoms with Crippen LogP contribution in [0.1, 0.15) is 28.4 Å². The normalized spacial score (nSPS) is 18.4. The van der Waals surface area contributed by atoms with Gasteiger partial charge in [-0.1, -0.05) is 24.8 Å². The van der Waals surface area contributed by atoms with Crippen LogP contribution >= 0.6 is 11.8 Å². The Balaban J connectivity index is 2.21. The van der Waals surface area contributed by atoms with E-state index in [4.69, 9.17) is 5.11 Å². The SMILES string of the molecule is Cc1ccc(C(=O)N2CCSC(C)C2)cc1C#CCO. The second-order valence-corrected chi connectivity index (χ2v) is 6.47. The number of carbonyl (C=O) groups excluding carboxylic acids is 1. The lowest BCUT2D eigenvalue weighted by atomic mass is 10.0. The largest absolute Gasteiger partial charge is 0.384 e. The van der Waals surface area contributed by atoms with Gasteiger partial charge in [-0.25, -0.2) is 0 Å². The van der Waals surface area contributed by atoms with Crippen molar-refractivity contribution in [3.05, 3.63) is 34.9 Å². The molecule has 1 N–H and O–H groups in total. The first-order valence-corrected chi connectivity index (χ1v) is 7.78. The maximum atomic E-state index is 12.5. The second kappa shape index (κ2) is 6.83. The minimum absolute atomic E-state index is 0.0733. The molecule has 1 fully saturated rings. The molecule has 20 heavy (non-hydrogen) atoms. The molecular weight excluding hydrogens is 270 g/mol. The fraction of sp³-hybridized carbons (Fsp3) is 0.438. The third-order valence-corrected chi connectivity index (χ3v) is 4.45. The molecule has 2 rings (SSSR count). The molecule has 4 heteroatoms. The third kappa shape index (κ3) is 3.56. The van der Waals surface area contributed by atoms with Gasteiger partial charge in [0.25, 0.3) is 5.91 Å². The van der Waals surface area contributed by atoms with Crippen molar-refractivity contribution in [3.63, 3.8) is 0 Å². The summed E-state index contributed by atoms with van der Waals surface area (Å²) in [5.41, 5.74) is 2.51. The van der Waals surface area contributed by atoms with E-state index in [1.54, 1.807) is 0 Å². The molecule has 0 radical (unpaired) electrons. The summed E-state index contributed by atoms with van der Waals surface area (Å²) in [4.78, 5) is 14.4. The molecule has 106 valence electrons. The van der Waals surface area contributed by atoms with E-state index in [1.807, 2.05) is 41.8 Å². The molecule has 0 aromatic heterocycles. The smallest absolute Gasteiger partial charge is 0.253 e. The number of amides is 1. The fourth-order valence-electron chi connectivity index (χ4n) is 2.21. The topological polar surface area (TPSA) is 40.5 Å². The van der Waals surface area contributed by atoms with E-state index in [0.717, 1.165) is 30.0 Å². The number of benzene rings is 1. The summed E-state index contributed by atoms with van der Waals surface area (Å²) < 4.78 is 0. The van der Waals surface area contributed by atoms with Gasteiger partial charge >= 0.3 is 0 Å². The molecule has 1 aliphatic heterocycles. The maximum absolute atomic E-state index is 12.5. The van der Waals surface area contributed by atoms with Gasteiger partial charge in [0.15, 0.2) is 0 Å². The molecule has 1 amide bonds. The zero-order valence-electron chi connectivity index (χ0n) is 11.8. The molecule has 1 heterocycles. The van der Waals surface area contributed by atoms with Crippen LogP contribution in [-0.4, -0.2) is 46.6 Å². The molecular formula is C16H19NO2S. The first kappa shape index (κ1) is 15.0. The minimum Gasteiger partial charge on any atom is -0.384 e. The lowest BCUT2D eigenvalue weighted by Crippen LogP contribution is -2.41. The van der Waals surface area contributed by atoms with E-state index in [9.17, 15) is 4.79 Å². The van der Waals surface area contributed by atoms with Crippen molar-refractivity contribution < 1.29 is 9.90 Å². The zero-order valence-corrected chi connectivity index (χ0v) is 12.7. The van der Waals surface area contributed by atoms with Crippen LogP contribution in [0.3, 0.4) is 0 Å². The molecule has 0 spiro atoms. The number of aryl methyl sites for hydroxylation is 1. The summed E-state index contributed by atoms with van der Waals surface area (Å²) in [5, 5.41) is 9.27. The van der Waals surface area contributed by atoms with Crippen molar-refractivity contribution in [1.82, 2.24) is 4.90 Å². The van der Waals surface area contributed by atoms with E-state index in [1.165, 1.54) is 0 Å². The van der Waals surface area contributed by atoms with Gasteiger partial charge in [0.05, 0.1) is 0 Å². The molecule has 1 aromatic carbocycles. The highest BCUT2D eigenvalue weighted by Gasteiger charge is 2.22. The highest BCUT2D eigenvalue weighted by atomic mass is 32.2. The Hall–Kier alpha value is -1.44. The lowest BCUT2D eigenvalue weighted by Gasteiger charge is -2.30. The maximum Gasteiger partial charge on any atom is 0.253 e. The van der Waals surface area contributed by atoms with Gasteiger partial charge < -0.3 is 10.0 Å². The van der Waals surface area contributed by atoms with Crippen LogP contribution in [0.5, 0.6) is 0 Å². The van der Waals surface area contributed by atoms with Crippen molar-refractivity contribution in [3.8, 4) is 11.8 Å². The van der Waals surface area contributed by atoms with E-state index in [0.29, 0.717) is 10.8 Å². The van der Waals surface area contributed by atoms with Crippen molar-refractivity contribution in [1.29, 1.82) is 0 Å². The van der Waals surface area contributed by atoms with Crippen LogP contribution in [0.4, 0.5) is 0 Å². The van der Waals surface area contributed by atoms with Crippen LogP contribution in [0, 0.1) is 18.8 Å². The first-order chi connectivity index (χ1) is 9.61. The Morgan fingerprint density at radius 1 is 1.55 bits per heavy atom. The number of hydrogen-bond acceptors (Lipinski definition) is 3. The third-order valence-electron chi connectivity index (χ3n) is 3.31. The predicted molar refractivity (Wildman–Crippen MR) is 83.0 cm³/mol. The van der Waals surface area contributed by atoms with Gasteiger partial charge in [-0.3, -0.25) is 4.79 Å². The molecule has 0 saturated carbocycles. The van der Waals surface area contributed by atoms with Gasteiger partial charge in [0, 0.05) is 35.2 Å². The lowest BCUT2D eigenvalue weighted by molar-refractivity contribution is 0.0763. The van der Waals surface area contributed by atoms with Gasteiger partial charge in [-0.2, -0.15) is 11.8 Å². The number of rotatable bonds is 1. The predicted octanol–water partition coefficient (Wildman–Crippen LogP) is 1.92. The van der Waals surface area contributed by atoms with Crippen molar-refractivity contribution in [2.45, 2.75) is 19.1 Å². The standard InChI is InChI=1S/C16H19NO2S/c1-12-5-6-15(10-14(12)4-3-8-18)16(19)17-7-9-20-13(2)11-17/h5-6,10,13,18H,7-9,11H2,1-2H3. The van der Waals surface area contributed by atoms with Crippen LogP contribution in [0.15, 0.2) is 18.2 Å². The fourth-order valence-corrected chi connectivity index (χ4v) is 3.22. The highest BCUT2D eigenvalue weighted by Crippen LogP contribution is 2.20. The number of hydrogen-bond donors (Lipinski definition) is 1. The molecule has 1 aromatic rings. The van der Waals surface area contributed by atoms with Gasteiger partial charge in [0.1, 0.15) is 6.61 Å². The average Bonchev–Trinajstić information content (AvgIpc) is 2.45. The van der Waals surface area contributed by atoms with E-state index in [2.05, 4.69) is 18.8 Å². The number of aliphatic hydroxyl groups is 1. The number of nitrogens with zero attached hydrogens (tertiary/aromatic N) is 1. The Bertz CT molecular complexity index is 559. The molecule has 3 nitrogen and oxygen atoms in total. The second-order valence-electron chi connectivity index (χ2n) is 4.92. The molecule has 1 aliphatic rings. The van der Waals surface area contributed by atoms with Crippen molar-refractivity contribution in [2.24, 2.45) is 0 Å². The molecule has 1 atom stereocenters. The van der Waals surface area contributed by atoms with Gasteiger partial charge in [-0.15, -0.1) is 0 Å². The van der Waals surface area contributed by atoms with Gasteiger partial charge in [0.2, 0.25) is 0 Å². The van der Waals surface area contributed by atoms with Gasteiger partial charge in [-0.05, 0) is 24.6 Å². The van der Waals surface area contributed by atoms with Crippen LogP contribution in [-0.2, 0) is 0 Å². The first-order valence-electron chi connectivity index (χ1n) is 6.73. The Labute approximate surface area is 124 Å². The van der Waals surface area contributed by atoms with E-state index < -0.39 is 0 Å². The Kier molecular flexibility index (Phi) is 5.11. The zero-order chi connectivity index (χ0) is 14.5. The summed E-state index contributed by atoms with van der Waals surface area (Å²) in [6.07, 6.45) is 0. The monoisotopic (exact) mass is 289 g/mol. The number of aliphatic hydroxyl groups excluding tert-OH is 1. The number of thioether (sulfide) groups is 1. The molecule has 0 bridgehead atoms. The number of carbonyl (C=O) groups is 1. The van der Waals surface area contributed by atoms with Crippen molar-refractivity contribution in [2.75, 3.05) is 25.4 Å². The summed E-state index contributed by atoms with van der Waals surface area (Å²) in [6, 6.07) is 5.59. The van der Waals surface area contributed by atoms with Crippen molar-refractivity contribution >= 4 is 17.7 Å². The quantitative estimate of drug-likeness (QED) is 0.803. The summed E-state index contributed by atoms with van der Waals surface area (Å²) in [5.74, 6) is 6.60. The van der Waals surface area contributed by atoms with Crippen LogP contribution in [0.25, 0.3) is 0 Å². The van der Waals surface area contributed by atoms with E-state index in [-0.39, 0.29) is 12.5 Å². The summed E-state index contributed by atoms with van der Waals surface area (Å²) in [6.45, 7) is 5.54. The van der Waals surface area contributed by atoms with Crippen LogP contribution < -0.4 is 0 Å². The molecule has 1 unspecified atom stereocenters. The van der Waals surface area contributed by atoms with Crippen LogP contribution in [0.2, 0.25) is 0 Å². The minimum atomic E-state index is -0.168. The average molecular weight is 289 g/mol. The Morgan fingerprint density at radius 2 is 2.35 bits per heavy atom.